The van der Waals surface area contributed by atoms with Crippen LogP contribution in [0, 0.1) is 11.3 Å². The van der Waals surface area contributed by atoms with Crippen molar-refractivity contribution < 1.29 is 9.21 Å². The minimum absolute atomic E-state index is 0.375. The van der Waals surface area contributed by atoms with Gasteiger partial charge in [-0.2, -0.15) is 5.26 Å². The molecule has 90 valence electrons. The van der Waals surface area contributed by atoms with Gasteiger partial charge in [0.15, 0.2) is 6.04 Å². The number of amides is 1. The second-order valence-corrected chi connectivity index (χ2v) is 4.00. The molecule has 0 aliphatic heterocycles. The van der Waals surface area contributed by atoms with E-state index in [1.165, 1.54) is 12.3 Å². The molecule has 2 aromatic rings. The Labute approximate surface area is 109 Å². The normalized spacial score (nSPS) is 11.6. The molecule has 1 atom stereocenters. The van der Waals surface area contributed by atoms with Crippen molar-refractivity contribution in [2.24, 2.45) is 0 Å². The van der Waals surface area contributed by atoms with Crippen molar-refractivity contribution in [2.45, 2.75) is 6.04 Å². The molecule has 0 saturated heterocycles. The molecule has 1 aromatic carbocycles. The lowest BCUT2D eigenvalue weighted by Gasteiger charge is -2.09. The Hall–Kier alpha value is -2.25. The van der Waals surface area contributed by atoms with E-state index in [1.807, 2.05) is 6.07 Å². The first-order valence-corrected chi connectivity index (χ1v) is 5.58. The van der Waals surface area contributed by atoms with Crippen molar-refractivity contribution in [1.29, 1.82) is 5.26 Å². The SMILES string of the molecule is N#CC(NC(=O)c1cccc(Cl)c1)c1ccco1. The summed E-state index contributed by atoms with van der Waals surface area (Å²) in [5.41, 5.74) is 0.398. The largest absolute Gasteiger partial charge is 0.466 e. The highest BCUT2D eigenvalue weighted by Crippen LogP contribution is 2.15. The Morgan fingerprint density at radius 3 is 2.83 bits per heavy atom. The van der Waals surface area contributed by atoms with E-state index < -0.39 is 6.04 Å². The van der Waals surface area contributed by atoms with Gasteiger partial charge >= 0.3 is 0 Å². The van der Waals surface area contributed by atoms with Crippen LogP contribution in [0.1, 0.15) is 22.2 Å². The molecule has 18 heavy (non-hydrogen) atoms. The molecule has 1 aromatic heterocycles. The number of nitrogens with one attached hydrogen (secondary N) is 1. The van der Waals surface area contributed by atoms with E-state index in [9.17, 15) is 4.79 Å². The first kappa shape index (κ1) is 12.2. The van der Waals surface area contributed by atoms with Crippen LogP contribution in [0.2, 0.25) is 5.02 Å². The zero-order valence-corrected chi connectivity index (χ0v) is 10.0. The van der Waals surface area contributed by atoms with Gasteiger partial charge in [0.05, 0.1) is 12.3 Å². The van der Waals surface area contributed by atoms with Crippen molar-refractivity contribution >= 4 is 17.5 Å². The number of rotatable bonds is 3. The fourth-order valence-electron chi connectivity index (χ4n) is 1.47. The average molecular weight is 261 g/mol. The van der Waals surface area contributed by atoms with Gasteiger partial charge in [0.2, 0.25) is 0 Å². The average Bonchev–Trinajstić information content (AvgIpc) is 2.89. The van der Waals surface area contributed by atoms with Crippen molar-refractivity contribution in [2.75, 3.05) is 0 Å². The molecule has 0 spiro atoms. The third-order valence-electron chi connectivity index (χ3n) is 2.32. The summed E-state index contributed by atoms with van der Waals surface area (Å²) in [6, 6.07) is 10.9. The van der Waals surface area contributed by atoms with Crippen LogP contribution in [0.5, 0.6) is 0 Å². The number of hydrogen-bond donors (Lipinski definition) is 1. The van der Waals surface area contributed by atoms with Gasteiger partial charge in [-0.3, -0.25) is 4.79 Å². The van der Waals surface area contributed by atoms with Crippen molar-refractivity contribution in [3.63, 3.8) is 0 Å². The Morgan fingerprint density at radius 2 is 2.22 bits per heavy atom. The Balaban J connectivity index is 2.14. The summed E-state index contributed by atoms with van der Waals surface area (Å²) in [6.07, 6.45) is 1.45. The van der Waals surface area contributed by atoms with E-state index in [-0.39, 0.29) is 5.91 Å². The maximum absolute atomic E-state index is 11.9. The van der Waals surface area contributed by atoms with Crippen LogP contribution in [0.25, 0.3) is 0 Å². The molecular formula is C13H9ClN2O2. The highest BCUT2D eigenvalue weighted by atomic mass is 35.5. The first-order chi connectivity index (χ1) is 8.70. The Morgan fingerprint density at radius 1 is 1.39 bits per heavy atom. The number of nitrogens with zero attached hydrogens (tertiary/aromatic N) is 1. The summed E-state index contributed by atoms with van der Waals surface area (Å²) >= 11 is 5.80. The molecule has 4 nitrogen and oxygen atoms in total. The summed E-state index contributed by atoms with van der Waals surface area (Å²) in [7, 11) is 0. The van der Waals surface area contributed by atoms with Crippen molar-refractivity contribution in [3.05, 3.63) is 59.0 Å². The molecule has 1 N–H and O–H groups in total. The van der Waals surface area contributed by atoms with Crippen LogP contribution in [0.4, 0.5) is 0 Å². The summed E-state index contributed by atoms with van der Waals surface area (Å²) < 4.78 is 5.08. The second-order valence-electron chi connectivity index (χ2n) is 3.56. The van der Waals surface area contributed by atoms with Gasteiger partial charge < -0.3 is 9.73 Å². The number of hydrogen-bond acceptors (Lipinski definition) is 3. The fraction of sp³-hybridized carbons (Fsp3) is 0.0769. The first-order valence-electron chi connectivity index (χ1n) is 5.20. The third kappa shape index (κ3) is 2.70. The molecule has 1 amide bonds. The number of carbonyl (C=O) groups excluding carboxylic acids is 1. The van der Waals surface area contributed by atoms with Crippen LogP contribution in [-0.4, -0.2) is 5.91 Å². The minimum atomic E-state index is -0.813. The van der Waals surface area contributed by atoms with E-state index in [1.54, 1.807) is 30.3 Å². The smallest absolute Gasteiger partial charge is 0.252 e. The molecule has 2 rings (SSSR count). The Bertz CT molecular complexity index is 587. The zero-order valence-electron chi connectivity index (χ0n) is 9.26. The van der Waals surface area contributed by atoms with E-state index in [2.05, 4.69) is 5.32 Å². The van der Waals surface area contributed by atoms with Crippen LogP contribution in [0.15, 0.2) is 47.1 Å². The fourth-order valence-corrected chi connectivity index (χ4v) is 1.66. The van der Waals surface area contributed by atoms with Gasteiger partial charge in [0.25, 0.3) is 5.91 Å². The monoisotopic (exact) mass is 260 g/mol. The van der Waals surface area contributed by atoms with Gasteiger partial charge in [0, 0.05) is 10.6 Å². The van der Waals surface area contributed by atoms with E-state index in [0.29, 0.717) is 16.3 Å². The standard InChI is InChI=1S/C13H9ClN2O2/c14-10-4-1-3-9(7-10)13(17)16-11(8-15)12-5-2-6-18-12/h1-7,11H,(H,16,17). The van der Waals surface area contributed by atoms with Crippen LogP contribution >= 0.6 is 11.6 Å². The molecule has 0 saturated carbocycles. The number of benzene rings is 1. The summed E-state index contributed by atoms with van der Waals surface area (Å²) in [4.78, 5) is 11.9. The second kappa shape index (κ2) is 5.39. The molecule has 0 bridgehead atoms. The van der Waals surface area contributed by atoms with Crippen molar-refractivity contribution in [1.82, 2.24) is 5.32 Å². The molecule has 0 aliphatic carbocycles. The Kier molecular flexibility index (Phi) is 3.66. The van der Waals surface area contributed by atoms with Crippen molar-refractivity contribution in [3.8, 4) is 6.07 Å². The number of furan rings is 1. The molecule has 0 fully saturated rings. The molecule has 0 radical (unpaired) electrons. The predicted octanol–water partition coefficient (Wildman–Crippen LogP) is 2.93. The summed E-state index contributed by atoms with van der Waals surface area (Å²) in [6.45, 7) is 0. The molecule has 1 heterocycles. The lowest BCUT2D eigenvalue weighted by Crippen LogP contribution is -2.27. The minimum Gasteiger partial charge on any atom is -0.466 e. The number of nitriles is 1. The number of carbonyl (C=O) groups is 1. The summed E-state index contributed by atoms with van der Waals surface area (Å²) in [5, 5.41) is 12.0. The van der Waals surface area contributed by atoms with E-state index in [0.717, 1.165) is 0 Å². The van der Waals surface area contributed by atoms with Gasteiger partial charge in [-0.15, -0.1) is 0 Å². The molecule has 0 aliphatic rings. The highest BCUT2D eigenvalue weighted by Gasteiger charge is 2.17. The van der Waals surface area contributed by atoms with Crippen LogP contribution in [-0.2, 0) is 0 Å². The van der Waals surface area contributed by atoms with E-state index >= 15 is 0 Å². The lowest BCUT2D eigenvalue weighted by molar-refractivity contribution is 0.0941. The summed E-state index contributed by atoms with van der Waals surface area (Å²) in [5.74, 6) is 0.0216. The van der Waals surface area contributed by atoms with Gasteiger partial charge in [0.1, 0.15) is 5.76 Å². The van der Waals surface area contributed by atoms with Gasteiger partial charge in [-0.25, -0.2) is 0 Å². The van der Waals surface area contributed by atoms with E-state index in [4.69, 9.17) is 21.3 Å². The predicted molar refractivity (Wildman–Crippen MR) is 66.0 cm³/mol. The van der Waals surface area contributed by atoms with Crippen LogP contribution < -0.4 is 5.32 Å². The topological polar surface area (TPSA) is 66.0 Å². The molecule has 1 unspecified atom stereocenters. The lowest BCUT2D eigenvalue weighted by atomic mass is 10.2. The van der Waals surface area contributed by atoms with Gasteiger partial charge in [-0.1, -0.05) is 17.7 Å². The molecule has 5 heteroatoms. The zero-order chi connectivity index (χ0) is 13.0. The molecular weight excluding hydrogens is 252 g/mol. The number of halogens is 1. The van der Waals surface area contributed by atoms with Gasteiger partial charge in [-0.05, 0) is 30.3 Å². The van der Waals surface area contributed by atoms with Crippen LogP contribution in [0.3, 0.4) is 0 Å². The quantitative estimate of drug-likeness (QED) is 0.923. The maximum Gasteiger partial charge on any atom is 0.252 e. The third-order valence-corrected chi connectivity index (χ3v) is 2.55. The highest BCUT2D eigenvalue weighted by molar-refractivity contribution is 6.30. The maximum atomic E-state index is 11.9.